The second-order valence-electron chi connectivity index (χ2n) is 1.02. The molecule has 1 heterocycles. The third kappa shape index (κ3) is 4.48. The Morgan fingerprint density at radius 1 is 0.875 bits per heavy atom. The fourth-order valence-electron chi connectivity index (χ4n) is 0.313. The van der Waals surface area contributed by atoms with Crippen LogP contribution in [0.1, 0.15) is 0 Å². The molecule has 42 valence electrons. The summed E-state index contributed by atoms with van der Waals surface area (Å²) < 4.78 is 0. The molecule has 0 radical (unpaired) electrons. The SMILES string of the molecule is Cl.[Zr].c1ccncc1. The standard InChI is InChI=1S/C5H5N.ClH.Zr/c1-2-4-6-5-3-1;;/h1-5H;1H;. The van der Waals surface area contributed by atoms with Gasteiger partial charge in [-0.05, 0) is 12.1 Å². The van der Waals surface area contributed by atoms with E-state index < -0.39 is 0 Å². The van der Waals surface area contributed by atoms with Gasteiger partial charge in [0.15, 0.2) is 0 Å². The van der Waals surface area contributed by atoms with E-state index in [0.29, 0.717) is 0 Å². The van der Waals surface area contributed by atoms with Crippen LogP contribution in [-0.4, -0.2) is 4.98 Å². The minimum atomic E-state index is 0. The molecule has 1 nitrogen and oxygen atoms in total. The molecule has 0 atom stereocenters. The number of rotatable bonds is 0. The first-order valence-electron chi connectivity index (χ1n) is 1.85. The Hall–Kier alpha value is 0.323. The third-order valence-electron chi connectivity index (χ3n) is 0.566. The molecule has 3 heteroatoms. The molecule has 0 amide bonds. The third-order valence-corrected chi connectivity index (χ3v) is 0.566. The van der Waals surface area contributed by atoms with Crippen molar-refractivity contribution < 1.29 is 26.2 Å². The summed E-state index contributed by atoms with van der Waals surface area (Å²) in [5.41, 5.74) is 0. The largest absolute Gasteiger partial charge is 0.265 e. The summed E-state index contributed by atoms with van der Waals surface area (Å²) in [4.78, 5) is 3.78. The first-order chi connectivity index (χ1) is 3.00. The van der Waals surface area contributed by atoms with Gasteiger partial charge in [0, 0.05) is 38.6 Å². The monoisotopic (exact) mass is 205 g/mol. The van der Waals surface area contributed by atoms with Crippen LogP contribution in [0.4, 0.5) is 0 Å². The zero-order chi connectivity index (χ0) is 4.24. The molecule has 0 aliphatic heterocycles. The fraction of sp³-hybridized carbons (Fsp3) is 0. The minimum Gasteiger partial charge on any atom is -0.265 e. The van der Waals surface area contributed by atoms with E-state index in [2.05, 4.69) is 4.98 Å². The van der Waals surface area contributed by atoms with Crippen molar-refractivity contribution in [3.63, 3.8) is 0 Å². The van der Waals surface area contributed by atoms with Gasteiger partial charge in [0.25, 0.3) is 0 Å². The molecule has 0 saturated carbocycles. The number of halogens is 1. The van der Waals surface area contributed by atoms with Crippen LogP contribution < -0.4 is 0 Å². The van der Waals surface area contributed by atoms with E-state index in [1.54, 1.807) is 12.4 Å². The van der Waals surface area contributed by atoms with Crippen molar-refractivity contribution >= 4 is 12.4 Å². The molecule has 0 bridgehead atoms. The van der Waals surface area contributed by atoms with Gasteiger partial charge in [-0.2, -0.15) is 0 Å². The quantitative estimate of drug-likeness (QED) is 0.627. The first kappa shape index (κ1) is 11.2. The summed E-state index contributed by atoms with van der Waals surface area (Å²) in [5.74, 6) is 0. The normalized spacial score (nSPS) is 6.00. The number of hydrogen-bond donors (Lipinski definition) is 0. The summed E-state index contributed by atoms with van der Waals surface area (Å²) in [6, 6.07) is 5.72. The molecule has 1 rings (SSSR count). The van der Waals surface area contributed by atoms with E-state index in [4.69, 9.17) is 0 Å². The second-order valence-corrected chi connectivity index (χ2v) is 1.02. The maximum atomic E-state index is 3.78. The van der Waals surface area contributed by atoms with E-state index in [-0.39, 0.29) is 38.6 Å². The molecule has 0 N–H and O–H groups in total. The summed E-state index contributed by atoms with van der Waals surface area (Å²) in [5, 5.41) is 0. The van der Waals surface area contributed by atoms with E-state index in [9.17, 15) is 0 Å². The van der Waals surface area contributed by atoms with E-state index in [0.717, 1.165) is 0 Å². The molecule has 1 aromatic rings. The average Bonchev–Trinajstić information content (AvgIpc) is 1.72. The molecule has 0 aromatic carbocycles. The van der Waals surface area contributed by atoms with E-state index in [1.807, 2.05) is 18.2 Å². The molecular weight excluding hydrogens is 201 g/mol. The van der Waals surface area contributed by atoms with Crippen LogP contribution in [0.2, 0.25) is 0 Å². The van der Waals surface area contributed by atoms with Crippen LogP contribution in [0.15, 0.2) is 30.6 Å². The van der Waals surface area contributed by atoms with Crippen LogP contribution >= 0.6 is 12.4 Å². The summed E-state index contributed by atoms with van der Waals surface area (Å²) >= 11 is 0. The summed E-state index contributed by atoms with van der Waals surface area (Å²) in [6.07, 6.45) is 3.50. The molecule has 0 aliphatic rings. The van der Waals surface area contributed by atoms with Crippen molar-refractivity contribution in [2.45, 2.75) is 0 Å². The predicted octanol–water partition coefficient (Wildman–Crippen LogP) is 1.50. The Kier molecular flexibility index (Phi) is 10.2. The van der Waals surface area contributed by atoms with Crippen molar-refractivity contribution in [3.05, 3.63) is 30.6 Å². The maximum absolute atomic E-state index is 3.78. The summed E-state index contributed by atoms with van der Waals surface area (Å²) in [6.45, 7) is 0. The summed E-state index contributed by atoms with van der Waals surface area (Å²) in [7, 11) is 0. The molecular formula is C5H6ClNZr. The van der Waals surface area contributed by atoms with Gasteiger partial charge in [-0.25, -0.2) is 0 Å². The fourth-order valence-corrected chi connectivity index (χ4v) is 0.313. The van der Waals surface area contributed by atoms with Crippen molar-refractivity contribution in [1.82, 2.24) is 4.98 Å². The zero-order valence-electron chi connectivity index (χ0n) is 4.24. The van der Waals surface area contributed by atoms with Crippen LogP contribution in [0.3, 0.4) is 0 Å². The van der Waals surface area contributed by atoms with Gasteiger partial charge in [0.05, 0.1) is 0 Å². The van der Waals surface area contributed by atoms with Gasteiger partial charge in [-0.3, -0.25) is 4.98 Å². The molecule has 0 saturated heterocycles. The Morgan fingerprint density at radius 2 is 1.38 bits per heavy atom. The van der Waals surface area contributed by atoms with Crippen molar-refractivity contribution in [2.75, 3.05) is 0 Å². The Morgan fingerprint density at radius 3 is 1.50 bits per heavy atom. The van der Waals surface area contributed by atoms with Crippen LogP contribution in [-0.2, 0) is 26.2 Å². The van der Waals surface area contributed by atoms with Gasteiger partial charge < -0.3 is 0 Å². The molecule has 0 fully saturated rings. The predicted molar refractivity (Wildman–Crippen MR) is 31.5 cm³/mol. The van der Waals surface area contributed by atoms with Gasteiger partial charge in [-0.1, -0.05) is 6.07 Å². The molecule has 1 aromatic heterocycles. The zero-order valence-corrected chi connectivity index (χ0v) is 7.52. The van der Waals surface area contributed by atoms with Gasteiger partial charge >= 0.3 is 0 Å². The first-order valence-corrected chi connectivity index (χ1v) is 1.85. The topological polar surface area (TPSA) is 12.9 Å². The molecule has 0 unspecified atom stereocenters. The minimum absolute atomic E-state index is 0. The van der Waals surface area contributed by atoms with Crippen LogP contribution in [0.25, 0.3) is 0 Å². The van der Waals surface area contributed by atoms with Gasteiger partial charge in [0.2, 0.25) is 0 Å². The number of pyridine rings is 1. The number of nitrogens with zero attached hydrogens (tertiary/aromatic N) is 1. The van der Waals surface area contributed by atoms with Crippen LogP contribution in [0.5, 0.6) is 0 Å². The molecule has 0 spiro atoms. The number of hydrogen-bond acceptors (Lipinski definition) is 1. The maximum Gasteiger partial charge on any atom is 0.0267 e. The van der Waals surface area contributed by atoms with Crippen molar-refractivity contribution in [1.29, 1.82) is 0 Å². The second kappa shape index (κ2) is 7.32. The van der Waals surface area contributed by atoms with E-state index in [1.165, 1.54) is 0 Å². The van der Waals surface area contributed by atoms with Gasteiger partial charge in [-0.15, -0.1) is 12.4 Å². The number of aromatic nitrogens is 1. The smallest absolute Gasteiger partial charge is 0.0267 e. The Labute approximate surface area is 74.1 Å². The Bertz CT molecular complexity index is 84.4. The Balaban J connectivity index is 0. The van der Waals surface area contributed by atoms with E-state index >= 15 is 0 Å². The average molecular weight is 207 g/mol. The van der Waals surface area contributed by atoms with Crippen molar-refractivity contribution in [3.8, 4) is 0 Å². The molecule has 0 aliphatic carbocycles. The molecule has 8 heavy (non-hydrogen) atoms. The van der Waals surface area contributed by atoms with Gasteiger partial charge in [0.1, 0.15) is 0 Å². The van der Waals surface area contributed by atoms with Crippen LogP contribution in [0, 0.1) is 0 Å². The van der Waals surface area contributed by atoms with Crippen molar-refractivity contribution in [2.24, 2.45) is 0 Å².